The number of aliphatic hydroxyl groups is 6. The van der Waals surface area contributed by atoms with Gasteiger partial charge in [0.05, 0.1) is 25.4 Å². The fraction of sp³-hybridized carbons (Fsp3) is 0.784. The summed E-state index contributed by atoms with van der Waals surface area (Å²) in [5.41, 5.74) is 0. The summed E-state index contributed by atoms with van der Waals surface area (Å²) in [4.78, 5) is 13.1. The Hall–Kier alpha value is -2.15. The van der Waals surface area contributed by atoms with Crippen LogP contribution in [0.5, 0.6) is 0 Å². The second-order valence-corrected chi connectivity index (χ2v) is 17.0. The molecular formula is C51H91NO9. The molecular weight excluding hydrogens is 771 g/mol. The van der Waals surface area contributed by atoms with Crippen LogP contribution < -0.4 is 5.32 Å². The molecule has 1 aliphatic heterocycles. The number of unbranched alkanes of at least 4 members (excludes halogenated alkanes) is 21. The number of amides is 1. The number of rotatable bonds is 40. The van der Waals surface area contributed by atoms with Crippen LogP contribution in [0, 0.1) is 0 Å². The Balaban J connectivity index is 2.39. The second-order valence-electron chi connectivity index (χ2n) is 17.0. The van der Waals surface area contributed by atoms with Gasteiger partial charge in [-0.1, -0.05) is 177 Å². The van der Waals surface area contributed by atoms with Crippen LogP contribution in [0.3, 0.4) is 0 Å². The van der Waals surface area contributed by atoms with Gasteiger partial charge in [0.1, 0.15) is 30.5 Å². The van der Waals surface area contributed by atoms with Crippen molar-refractivity contribution < 1.29 is 44.9 Å². The van der Waals surface area contributed by atoms with Gasteiger partial charge in [0, 0.05) is 0 Å². The van der Waals surface area contributed by atoms with Crippen LogP contribution in [-0.2, 0) is 14.3 Å². The summed E-state index contributed by atoms with van der Waals surface area (Å²) in [7, 11) is 0. The molecule has 354 valence electrons. The zero-order chi connectivity index (χ0) is 44.6. The maximum atomic E-state index is 13.1. The number of hydrogen-bond acceptors (Lipinski definition) is 9. The lowest BCUT2D eigenvalue weighted by atomic mass is 9.99. The molecule has 1 heterocycles. The van der Waals surface area contributed by atoms with E-state index in [1.807, 2.05) is 6.08 Å². The summed E-state index contributed by atoms with van der Waals surface area (Å²) in [6.45, 7) is 3.55. The van der Waals surface area contributed by atoms with E-state index in [-0.39, 0.29) is 13.0 Å². The van der Waals surface area contributed by atoms with Crippen LogP contribution in [0.25, 0.3) is 0 Å². The summed E-state index contributed by atoms with van der Waals surface area (Å²) in [6, 6.07) is -1.01. The highest BCUT2D eigenvalue weighted by Gasteiger charge is 2.44. The number of aliphatic hydroxyl groups excluding tert-OH is 6. The SMILES string of the molecule is CCCCCC/C=C/CC/C=C/CC/C=C/C(O)C(COC1OC(CO)C(O)C(O)C1O)NC(=O)C(O)CCCCCCCC/C=C\C/C=C\CCCCCCCCCCC. The van der Waals surface area contributed by atoms with Crippen molar-refractivity contribution in [2.45, 2.75) is 243 Å². The van der Waals surface area contributed by atoms with Gasteiger partial charge in [0.25, 0.3) is 0 Å². The first-order chi connectivity index (χ1) is 29.8. The highest BCUT2D eigenvalue weighted by molar-refractivity contribution is 5.80. The molecule has 0 radical (unpaired) electrons. The quantitative estimate of drug-likeness (QED) is 0.0234. The van der Waals surface area contributed by atoms with Crippen molar-refractivity contribution in [3.63, 3.8) is 0 Å². The number of hydrogen-bond donors (Lipinski definition) is 7. The topological polar surface area (TPSA) is 169 Å². The number of ether oxygens (including phenoxy) is 2. The fourth-order valence-electron chi connectivity index (χ4n) is 7.34. The minimum absolute atomic E-state index is 0.286. The number of allylic oxidation sites excluding steroid dienone is 9. The van der Waals surface area contributed by atoms with E-state index in [1.54, 1.807) is 6.08 Å². The largest absolute Gasteiger partial charge is 0.394 e. The van der Waals surface area contributed by atoms with Crippen LogP contribution in [0.2, 0.25) is 0 Å². The molecule has 61 heavy (non-hydrogen) atoms. The van der Waals surface area contributed by atoms with Crippen molar-refractivity contribution in [1.29, 1.82) is 0 Å². The minimum Gasteiger partial charge on any atom is -0.394 e. The van der Waals surface area contributed by atoms with Crippen LogP contribution in [0.15, 0.2) is 60.8 Å². The van der Waals surface area contributed by atoms with Crippen LogP contribution in [0.1, 0.15) is 194 Å². The molecule has 1 aliphatic rings. The van der Waals surface area contributed by atoms with Crippen LogP contribution >= 0.6 is 0 Å². The molecule has 10 nitrogen and oxygen atoms in total. The van der Waals surface area contributed by atoms with E-state index in [0.29, 0.717) is 12.8 Å². The summed E-state index contributed by atoms with van der Waals surface area (Å²) in [6.07, 6.45) is 43.1. The standard InChI is InChI=1S/C51H91NO9/c1-3-5-7-9-11-13-15-17-19-20-21-22-23-24-25-26-28-30-32-34-36-38-40-45(55)50(59)52-43(42-60-51-49(58)48(57)47(56)46(41-53)61-51)44(54)39-37-35-33-31-29-27-18-16-14-12-10-8-6-4-2/h14,16,21-22,24-25,29,31,37,39,43-49,51,53-58H,3-13,15,17-20,23,26-28,30,32-36,38,40-42H2,1-2H3,(H,52,59)/b16-14+,22-21-,25-24-,31-29+,39-37+. The lowest BCUT2D eigenvalue weighted by Gasteiger charge is -2.40. The highest BCUT2D eigenvalue weighted by atomic mass is 16.7. The molecule has 7 N–H and O–H groups in total. The monoisotopic (exact) mass is 862 g/mol. The van der Waals surface area contributed by atoms with Crippen molar-refractivity contribution in [3.05, 3.63) is 60.8 Å². The zero-order valence-electron chi connectivity index (χ0n) is 38.5. The molecule has 0 bridgehead atoms. The lowest BCUT2D eigenvalue weighted by Crippen LogP contribution is -2.60. The van der Waals surface area contributed by atoms with E-state index in [0.717, 1.165) is 70.6 Å². The zero-order valence-corrected chi connectivity index (χ0v) is 38.5. The minimum atomic E-state index is -1.62. The molecule has 0 aliphatic carbocycles. The van der Waals surface area contributed by atoms with E-state index < -0.39 is 61.5 Å². The fourth-order valence-corrected chi connectivity index (χ4v) is 7.34. The molecule has 8 atom stereocenters. The summed E-state index contributed by atoms with van der Waals surface area (Å²) in [5, 5.41) is 64.7. The summed E-state index contributed by atoms with van der Waals surface area (Å²) in [5.74, 6) is -0.641. The summed E-state index contributed by atoms with van der Waals surface area (Å²) < 4.78 is 11.1. The Kier molecular flexibility index (Phi) is 37.9. The number of carbonyl (C=O) groups is 1. The average molecular weight is 862 g/mol. The van der Waals surface area contributed by atoms with Crippen molar-refractivity contribution >= 4 is 5.91 Å². The van der Waals surface area contributed by atoms with Crippen molar-refractivity contribution in [2.24, 2.45) is 0 Å². The first-order valence-electron chi connectivity index (χ1n) is 24.6. The van der Waals surface area contributed by atoms with Crippen LogP contribution in [-0.4, -0.2) is 98.7 Å². The van der Waals surface area contributed by atoms with Crippen LogP contribution in [0.4, 0.5) is 0 Å². The number of nitrogens with one attached hydrogen (secondary N) is 1. The smallest absolute Gasteiger partial charge is 0.249 e. The third-order valence-electron chi connectivity index (χ3n) is 11.4. The molecule has 1 amide bonds. The van der Waals surface area contributed by atoms with Gasteiger partial charge >= 0.3 is 0 Å². The van der Waals surface area contributed by atoms with Gasteiger partial charge in [0.2, 0.25) is 5.91 Å². The molecule has 0 aromatic heterocycles. The predicted molar refractivity (Wildman–Crippen MR) is 250 cm³/mol. The van der Waals surface area contributed by atoms with Gasteiger partial charge in [0.15, 0.2) is 6.29 Å². The normalized spacial score (nSPS) is 21.5. The Morgan fingerprint density at radius 2 is 1.02 bits per heavy atom. The van der Waals surface area contributed by atoms with Gasteiger partial charge in [-0.25, -0.2) is 0 Å². The average Bonchev–Trinajstić information content (AvgIpc) is 3.26. The number of carbonyl (C=O) groups excluding carboxylic acids is 1. The molecule has 1 fully saturated rings. The molecule has 0 spiro atoms. The predicted octanol–water partition coefficient (Wildman–Crippen LogP) is 9.75. The Bertz CT molecular complexity index is 1150. The summed E-state index contributed by atoms with van der Waals surface area (Å²) >= 11 is 0. The van der Waals surface area contributed by atoms with E-state index in [9.17, 15) is 35.4 Å². The van der Waals surface area contributed by atoms with E-state index >= 15 is 0 Å². The van der Waals surface area contributed by atoms with E-state index in [2.05, 4.69) is 67.8 Å². The Labute approximate surface area is 371 Å². The molecule has 0 aromatic carbocycles. The van der Waals surface area contributed by atoms with E-state index in [4.69, 9.17) is 9.47 Å². The lowest BCUT2D eigenvalue weighted by molar-refractivity contribution is -0.302. The molecule has 0 aromatic rings. The second kappa shape index (κ2) is 40.6. The molecule has 10 heteroatoms. The first-order valence-corrected chi connectivity index (χ1v) is 24.6. The van der Waals surface area contributed by atoms with Crippen molar-refractivity contribution in [1.82, 2.24) is 5.32 Å². The maximum absolute atomic E-state index is 13.1. The van der Waals surface area contributed by atoms with Gasteiger partial charge in [-0.15, -0.1) is 0 Å². The third-order valence-corrected chi connectivity index (χ3v) is 11.4. The Morgan fingerprint density at radius 3 is 1.54 bits per heavy atom. The third kappa shape index (κ3) is 30.6. The van der Waals surface area contributed by atoms with E-state index in [1.165, 1.54) is 89.9 Å². The molecule has 1 rings (SSSR count). The first kappa shape index (κ1) is 56.9. The van der Waals surface area contributed by atoms with Gasteiger partial charge in [-0.2, -0.15) is 0 Å². The highest BCUT2D eigenvalue weighted by Crippen LogP contribution is 2.22. The molecule has 1 saturated heterocycles. The van der Waals surface area contributed by atoms with Gasteiger partial charge < -0.3 is 45.4 Å². The van der Waals surface area contributed by atoms with Gasteiger partial charge in [-0.3, -0.25) is 4.79 Å². The van der Waals surface area contributed by atoms with Crippen molar-refractivity contribution in [2.75, 3.05) is 13.2 Å². The van der Waals surface area contributed by atoms with Gasteiger partial charge in [-0.05, 0) is 77.0 Å². The Morgan fingerprint density at radius 1 is 0.574 bits per heavy atom. The van der Waals surface area contributed by atoms with Crippen molar-refractivity contribution in [3.8, 4) is 0 Å². The molecule has 8 unspecified atom stereocenters. The molecule has 0 saturated carbocycles. The maximum Gasteiger partial charge on any atom is 0.249 e.